The molecule has 3 fully saturated rings. The van der Waals surface area contributed by atoms with Gasteiger partial charge in [-0.2, -0.15) is 0 Å². The van der Waals surface area contributed by atoms with Crippen molar-refractivity contribution in [2.45, 2.75) is 66.2 Å². The molecule has 4 aliphatic rings. The zero-order valence-corrected chi connectivity index (χ0v) is 15.5. The van der Waals surface area contributed by atoms with E-state index >= 15 is 0 Å². The van der Waals surface area contributed by atoms with Crippen molar-refractivity contribution in [1.29, 1.82) is 0 Å². The normalized spacial score (nSPS) is 47.2. The van der Waals surface area contributed by atoms with E-state index in [1.165, 1.54) is 31.3 Å². The molecule has 0 heterocycles. The maximum absolute atomic E-state index is 12.2. The Labute approximate surface area is 145 Å². The van der Waals surface area contributed by atoms with Gasteiger partial charge in [0.15, 0.2) is 5.78 Å². The Kier molecular flexibility index (Phi) is 3.50. The molecule has 0 unspecified atom stereocenters. The fourth-order valence-electron chi connectivity index (χ4n) is 7.24. The molecular weight excluding hydrogens is 296 g/mol. The molecule has 0 aromatic heterocycles. The molecule has 0 aromatic carbocycles. The van der Waals surface area contributed by atoms with E-state index in [0.717, 1.165) is 18.4 Å². The second-order valence-corrected chi connectivity index (χ2v) is 9.28. The lowest BCUT2D eigenvalue weighted by molar-refractivity contribution is -0.127. The van der Waals surface area contributed by atoms with E-state index in [-0.39, 0.29) is 22.5 Å². The molecule has 0 amide bonds. The first-order valence-corrected chi connectivity index (χ1v) is 9.73. The van der Waals surface area contributed by atoms with Crippen LogP contribution in [0.15, 0.2) is 23.3 Å². The predicted octanol–water partition coefficient (Wildman–Crippen LogP) is 4.89. The molecule has 0 spiro atoms. The van der Waals surface area contributed by atoms with Gasteiger partial charge in [0.25, 0.3) is 0 Å². The molecule has 0 radical (unpaired) electrons. The van der Waals surface area contributed by atoms with Crippen molar-refractivity contribution >= 4 is 11.6 Å². The van der Waals surface area contributed by atoms with Gasteiger partial charge in [-0.05, 0) is 87.2 Å². The molecule has 0 aliphatic heterocycles. The molecule has 4 aliphatic carbocycles. The van der Waals surface area contributed by atoms with Crippen LogP contribution in [0.4, 0.5) is 0 Å². The van der Waals surface area contributed by atoms with E-state index in [1.807, 2.05) is 13.0 Å². The van der Waals surface area contributed by atoms with Gasteiger partial charge in [0.2, 0.25) is 0 Å². The molecule has 2 heteroatoms. The summed E-state index contributed by atoms with van der Waals surface area (Å²) in [5.41, 5.74) is 2.69. The van der Waals surface area contributed by atoms with Crippen LogP contribution in [0, 0.1) is 34.5 Å². The summed E-state index contributed by atoms with van der Waals surface area (Å²) < 4.78 is 0. The average Bonchev–Trinajstić information content (AvgIpc) is 2.89. The largest absolute Gasteiger partial charge is 0.300 e. The Morgan fingerprint density at radius 2 is 1.88 bits per heavy atom. The molecule has 6 atom stereocenters. The van der Waals surface area contributed by atoms with Gasteiger partial charge in [0.1, 0.15) is 5.78 Å². The highest BCUT2D eigenvalue weighted by molar-refractivity contribution is 6.05. The molecule has 4 rings (SSSR count). The van der Waals surface area contributed by atoms with Gasteiger partial charge >= 0.3 is 0 Å². The second-order valence-electron chi connectivity index (χ2n) is 9.28. The van der Waals surface area contributed by atoms with Crippen molar-refractivity contribution in [2.75, 3.05) is 0 Å². The third-order valence-corrected chi connectivity index (χ3v) is 8.48. The summed E-state index contributed by atoms with van der Waals surface area (Å²) in [6.07, 6.45) is 11.0. The number of ketones is 2. The SMILES string of the molecule is CC(=O)[C@H]1CC[C@H]2[C@@H]3CCC4=C(C)C(=O)C=C[C@]4(C)[C@H]3CC[C@]12C. The standard InChI is InChI=1S/C22H30O2/c1-13-16-6-5-15-18-8-7-17(14(2)23)22(18,4)11-9-19(15)21(16,3)12-10-20(13)24/h10,12,15,17-19H,5-9,11H2,1-4H3/t15-,17+,18-,19-,21-,22+/m0/s1. The number of rotatable bonds is 1. The number of allylic oxidation sites excluding steroid dienone is 4. The number of fused-ring (bicyclic) bond motifs is 5. The van der Waals surface area contributed by atoms with Gasteiger partial charge in [-0.3, -0.25) is 9.59 Å². The van der Waals surface area contributed by atoms with Crippen LogP contribution in [0.25, 0.3) is 0 Å². The summed E-state index contributed by atoms with van der Waals surface area (Å²) in [4.78, 5) is 24.3. The fourth-order valence-corrected chi connectivity index (χ4v) is 7.24. The summed E-state index contributed by atoms with van der Waals surface area (Å²) in [5.74, 6) is 2.93. The topological polar surface area (TPSA) is 34.1 Å². The van der Waals surface area contributed by atoms with Gasteiger partial charge in [-0.25, -0.2) is 0 Å². The maximum Gasteiger partial charge on any atom is 0.181 e. The summed E-state index contributed by atoms with van der Waals surface area (Å²) >= 11 is 0. The predicted molar refractivity (Wildman–Crippen MR) is 95.4 cm³/mol. The zero-order chi connectivity index (χ0) is 17.3. The van der Waals surface area contributed by atoms with E-state index in [4.69, 9.17) is 0 Å². The van der Waals surface area contributed by atoms with Crippen molar-refractivity contribution in [2.24, 2.45) is 34.5 Å². The summed E-state index contributed by atoms with van der Waals surface area (Å²) in [7, 11) is 0. The lowest BCUT2D eigenvalue weighted by Gasteiger charge is -2.57. The smallest absolute Gasteiger partial charge is 0.181 e. The van der Waals surface area contributed by atoms with Crippen LogP contribution in [0.3, 0.4) is 0 Å². The molecular formula is C22H30O2. The molecule has 2 nitrogen and oxygen atoms in total. The van der Waals surface area contributed by atoms with E-state index in [1.54, 1.807) is 6.92 Å². The van der Waals surface area contributed by atoms with Crippen LogP contribution in [-0.4, -0.2) is 11.6 Å². The average molecular weight is 326 g/mol. The summed E-state index contributed by atoms with van der Waals surface area (Å²) in [6, 6.07) is 0. The molecule has 0 aromatic rings. The first-order chi connectivity index (χ1) is 11.3. The van der Waals surface area contributed by atoms with E-state index in [0.29, 0.717) is 23.5 Å². The lowest BCUT2D eigenvalue weighted by Crippen LogP contribution is -2.50. The van der Waals surface area contributed by atoms with Gasteiger partial charge in [-0.15, -0.1) is 0 Å². The van der Waals surface area contributed by atoms with Crippen molar-refractivity contribution in [1.82, 2.24) is 0 Å². The highest BCUT2D eigenvalue weighted by Crippen LogP contribution is 2.66. The van der Waals surface area contributed by atoms with Crippen LogP contribution in [0.2, 0.25) is 0 Å². The van der Waals surface area contributed by atoms with E-state index in [9.17, 15) is 9.59 Å². The fraction of sp³-hybridized carbons (Fsp3) is 0.727. The number of carbonyl (C=O) groups is 2. The first-order valence-electron chi connectivity index (χ1n) is 9.73. The molecule has 24 heavy (non-hydrogen) atoms. The van der Waals surface area contributed by atoms with E-state index in [2.05, 4.69) is 19.9 Å². The zero-order valence-electron chi connectivity index (χ0n) is 15.5. The molecule has 130 valence electrons. The van der Waals surface area contributed by atoms with Gasteiger partial charge in [0.05, 0.1) is 0 Å². The van der Waals surface area contributed by atoms with Gasteiger partial charge < -0.3 is 0 Å². The van der Waals surface area contributed by atoms with Crippen LogP contribution >= 0.6 is 0 Å². The van der Waals surface area contributed by atoms with E-state index < -0.39 is 0 Å². The van der Waals surface area contributed by atoms with Crippen LogP contribution in [-0.2, 0) is 9.59 Å². The van der Waals surface area contributed by atoms with Crippen LogP contribution < -0.4 is 0 Å². The Hall–Kier alpha value is -1.18. The number of hydrogen-bond donors (Lipinski definition) is 0. The van der Waals surface area contributed by atoms with Crippen molar-refractivity contribution in [3.63, 3.8) is 0 Å². The monoisotopic (exact) mass is 326 g/mol. The summed E-state index contributed by atoms with van der Waals surface area (Å²) in [6.45, 7) is 8.58. The number of hydrogen-bond acceptors (Lipinski definition) is 2. The molecule has 0 bridgehead atoms. The van der Waals surface area contributed by atoms with Gasteiger partial charge in [-0.1, -0.05) is 25.5 Å². The van der Waals surface area contributed by atoms with Gasteiger partial charge in [0, 0.05) is 11.3 Å². The minimum atomic E-state index is 0.0660. The second kappa shape index (κ2) is 5.16. The maximum atomic E-state index is 12.2. The van der Waals surface area contributed by atoms with Crippen molar-refractivity contribution in [3.05, 3.63) is 23.3 Å². The Balaban J connectivity index is 1.71. The molecule has 0 saturated heterocycles. The third-order valence-electron chi connectivity index (χ3n) is 8.48. The highest BCUT2D eigenvalue weighted by atomic mass is 16.1. The number of Topliss-reactive ketones (excluding diaryl/α,β-unsaturated/α-hetero) is 1. The lowest BCUT2D eigenvalue weighted by atomic mass is 9.47. The summed E-state index contributed by atoms with van der Waals surface area (Å²) in [5, 5.41) is 0. The Morgan fingerprint density at radius 1 is 1.12 bits per heavy atom. The van der Waals surface area contributed by atoms with Crippen molar-refractivity contribution < 1.29 is 9.59 Å². The quantitative estimate of drug-likeness (QED) is 0.687. The van der Waals surface area contributed by atoms with Crippen molar-refractivity contribution in [3.8, 4) is 0 Å². The Morgan fingerprint density at radius 3 is 2.58 bits per heavy atom. The van der Waals surface area contributed by atoms with Crippen LogP contribution in [0.5, 0.6) is 0 Å². The number of carbonyl (C=O) groups excluding carboxylic acids is 2. The molecule has 3 saturated carbocycles. The third kappa shape index (κ3) is 1.95. The first kappa shape index (κ1) is 16.3. The molecule has 0 N–H and O–H groups in total. The minimum absolute atomic E-state index is 0.0660. The Bertz CT molecular complexity index is 669. The highest BCUT2D eigenvalue weighted by Gasteiger charge is 2.59. The van der Waals surface area contributed by atoms with Crippen LogP contribution in [0.1, 0.15) is 66.2 Å². The minimum Gasteiger partial charge on any atom is -0.300 e.